The number of anilines is 1. The van der Waals surface area contributed by atoms with Crippen molar-refractivity contribution in [1.29, 1.82) is 0 Å². The van der Waals surface area contributed by atoms with E-state index in [9.17, 15) is 4.39 Å². The van der Waals surface area contributed by atoms with E-state index in [4.69, 9.17) is 0 Å². The molecule has 0 unspecified atom stereocenters. The smallest absolute Gasteiger partial charge is 0.109 e. The first-order valence-electron chi connectivity index (χ1n) is 6.50. The van der Waals surface area contributed by atoms with Crippen LogP contribution >= 0.6 is 0 Å². The minimum absolute atomic E-state index is 0.306. The lowest BCUT2D eigenvalue weighted by Crippen LogP contribution is -2.05. The maximum Gasteiger partial charge on any atom is 0.109 e. The zero-order valence-corrected chi connectivity index (χ0v) is 11.6. The van der Waals surface area contributed by atoms with E-state index in [0.717, 1.165) is 23.6 Å². The van der Waals surface area contributed by atoms with Gasteiger partial charge in [0.25, 0.3) is 0 Å². The molecule has 0 aliphatic heterocycles. The quantitative estimate of drug-likeness (QED) is 0.871. The lowest BCUT2D eigenvalue weighted by molar-refractivity contribution is 0.423. The monoisotopic (exact) mass is 265 g/mol. The SMILES string of the molecule is CCn1cc(CNc2cnn(CCF)c2C)c(C)n1. The van der Waals surface area contributed by atoms with E-state index in [-0.39, 0.29) is 0 Å². The maximum absolute atomic E-state index is 12.3. The van der Waals surface area contributed by atoms with Gasteiger partial charge in [-0.1, -0.05) is 0 Å². The van der Waals surface area contributed by atoms with Crippen molar-refractivity contribution in [3.05, 3.63) is 29.3 Å². The summed E-state index contributed by atoms with van der Waals surface area (Å²) < 4.78 is 15.9. The highest BCUT2D eigenvalue weighted by molar-refractivity contribution is 5.46. The second-order valence-corrected chi connectivity index (χ2v) is 4.50. The zero-order chi connectivity index (χ0) is 13.8. The average molecular weight is 265 g/mol. The molecule has 0 spiro atoms. The first-order valence-corrected chi connectivity index (χ1v) is 6.50. The van der Waals surface area contributed by atoms with Gasteiger partial charge in [0, 0.05) is 24.8 Å². The number of halogens is 1. The van der Waals surface area contributed by atoms with Crippen molar-refractivity contribution in [2.45, 2.75) is 40.4 Å². The van der Waals surface area contributed by atoms with Crippen molar-refractivity contribution in [3.8, 4) is 0 Å². The van der Waals surface area contributed by atoms with Gasteiger partial charge < -0.3 is 5.32 Å². The molecule has 104 valence electrons. The Balaban J connectivity index is 2.03. The van der Waals surface area contributed by atoms with Crippen LogP contribution in [0.1, 0.15) is 23.9 Å². The summed E-state index contributed by atoms with van der Waals surface area (Å²) in [6, 6.07) is 0. The molecule has 2 heterocycles. The van der Waals surface area contributed by atoms with Crippen LogP contribution in [0.15, 0.2) is 12.4 Å². The summed E-state index contributed by atoms with van der Waals surface area (Å²) in [6.07, 6.45) is 3.79. The van der Waals surface area contributed by atoms with Gasteiger partial charge in [-0.05, 0) is 20.8 Å². The minimum atomic E-state index is -0.398. The van der Waals surface area contributed by atoms with Crippen LogP contribution in [0.3, 0.4) is 0 Å². The van der Waals surface area contributed by atoms with Crippen LogP contribution in [-0.4, -0.2) is 26.2 Å². The Bertz CT molecular complexity index is 543. The largest absolute Gasteiger partial charge is 0.378 e. The number of nitrogens with zero attached hydrogens (tertiary/aromatic N) is 4. The van der Waals surface area contributed by atoms with Gasteiger partial charge in [0.15, 0.2) is 0 Å². The van der Waals surface area contributed by atoms with E-state index < -0.39 is 6.67 Å². The predicted molar refractivity (Wildman–Crippen MR) is 72.9 cm³/mol. The second kappa shape index (κ2) is 5.86. The van der Waals surface area contributed by atoms with E-state index in [1.54, 1.807) is 10.9 Å². The molecular formula is C13H20FN5. The fourth-order valence-corrected chi connectivity index (χ4v) is 2.01. The third-order valence-electron chi connectivity index (χ3n) is 3.24. The van der Waals surface area contributed by atoms with Gasteiger partial charge in [-0.3, -0.25) is 9.36 Å². The summed E-state index contributed by atoms with van der Waals surface area (Å²) in [6.45, 7) is 7.48. The molecule has 0 atom stereocenters. The average Bonchev–Trinajstić information content (AvgIpc) is 2.93. The Morgan fingerprint density at radius 1 is 1.37 bits per heavy atom. The first-order chi connectivity index (χ1) is 9.15. The number of nitrogens with one attached hydrogen (secondary N) is 1. The van der Waals surface area contributed by atoms with E-state index in [1.807, 2.05) is 24.7 Å². The Morgan fingerprint density at radius 3 is 2.79 bits per heavy atom. The second-order valence-electron chi connectivity index (χ2n) is 4.50. The highest BCUT2D eigenvalue weighted by Gasteiger charge is 2.08. The van der Waals surface area contributed by atoms with Gasteiger partial charge in [0.1, 0.15) is 6.67 Å². The third kappa shape index (κ3) is 2.94. The molecule has 2 aromatic rings. The molecule has 6 heteroatoms. The van der Waals surface area contributed by atoms with Crippen LogP contribution in [0.5, 0.6) is 0 Å². The van der Waals surface area contributed by atoms with Gasteiger partial charge in [0.2, 0.25) is 0 Å². The van der Waals surface area contributed by atoms with E-state index >= 15 is 0 Å². The molecule has 0 aliphatic carbocycles. The van der Waals surface area contributed by atoms with Crippen LogP contribution in [0.4, 0.5) is 10.1 Å². The van der Waals surface area contributed by atoms with Gasteiger partial charge in [-0.2, -0.15) is 10.2 Å². The van der Waals surface area contributed by atoms with Gasteiger partial charge in [-0.15, -0.1) is 0 Å². The first kappa shape index (κ1) is 13.6. The Kier molecular flexibility index (Phi) is 4.19. The molecular weight excluding hydrogens is 245 g/mol. The number of hydrogen-bond donors (Lipinski definition) is 1. The fraction of sp³-hybridized carbons (Fsp3) is 0.538. The van der Waals surface area contributed by atoms with Crippen LogP contribution in [0, 0.1) is 13.8 Å². The van der Waals surface area contributed by atoms with Crippen LogP contribution in [-0.2, 0) is 19.6 Å². The van der Waals surface area contributed by atoms with Crippen LogP contribution in [0.25, 0.3) is 0 Å². The highest BCUT2D eigenvalue weighted by atomic mass is 19.1. The topological polar surface area (TPSA) is 47.7 Å². The summed E-state index contributed by atoms with van der Waals surface area (Å²) >= 11 is 0. The molecule has 0 aromatic carbocycles. The Labute approximate surface area is 112 Å². The predicted octanol–water partition coefficient (Wildman–Crippen LogP) is 2.30. The number of rotatable bonds is 6. The summed E-state index contributed by atoms with van der Waals surface area (Å²) in [5, 5.41) is 11.9. The normalized spacial score (nSPS) is 10.9. The van der Waals surface area contributed by atoms with Crippen LogP contribution in [0.2, 0.25) is 0 Å². The lowest BCUT2D eigenvalue weighted by atomic mass is 10.2. The molecule has 2 aromatic heterocycles. The van der Waals surface area contributed by atoms with E-state index in [0.29, 0.717) is 13.1 Å². The standard InChI is InChI=1S/C13H20FN5/c1-4-18-9-12(10(2)17-18)7-15-13-8-16-19(6-5-14)11(13)3/h8-9,15H,4-7H2,1-3H3. The third-order valence-corrected chi connectivity index (χ3v) is 3.24. The molecule has 1 N–H and O–H groups in total. The molecule has 0 radical (unpaired) electrons. The molecule has 0 saturated carbocycles. The lowest BCUT2D eigenvalue weighted by Gasteiger charge is -2.05. The molecule has 0 fully saturated rings. The van der Waals surface area contributed by atoms with Crippen molar-refractivity contribution in [1.82, 2.24) is 19.6 Å². The highest BCUT2D eigenvalue weighted by Crippen LogP contribution is 2.16. The van der Waals surface area contributed by atoms with Crippen molar-refractivity contribution in [3.63, 3.8) is 0 Å². The van der Waals surface area contributed by atoms with Crippen molar-refractivity contribution < 1.29 is 4.39 Å². The molecule has 0 amide bonds. The van der Waals surface area contributed by atoms with Gasteiger partial charge in [0.05, 0.1) is 29.8 Å². The zero-order valence-electron chi connectivity index (χ0n) is 11.6. The van der Waals surface area contributed by atoms with Crippen LogP contribution < -0.4 is 5.32 Å². The number of alkyl halides is 1. The summed E-state index contributed by atoms with van der Waals surface area (Å²) in [4.78, 5) is 0. The fourth-order valence-electron chi connectivity index (χ4n) is 2.01. The van der Waals surface area contributed by atoms with E-state index in [1.165, 1.54) is 5.56 Å². The number of aromatic nitrogens is 4. The van der Waals surface area contributed by atoms with Gasteiger partial charge >= 0.3 is 0 Å². The Hall–Kier alpha value is -1.85. The van der Waals surface area contributed by atoms with Crippen molar-refractivity contribution >= 4 is 5.69 Å². The summed E-state index contributed by atoms with van der Waals surface area (Å²) in [5.41, 5.74) is 4.10. The molecule has 0 bridgehead atoms. The van der Waals surface area contributed by atoms with Gasteiger partial charge in [-0.25, -0.2) is 4.39 Å². The molecule has 2 rings (SSSR count). The number of aryl methyl sites for hydroxylation is 3. The molecule has 5 nitrogen and oxygen atoms in total. The van der Waals surface area contributed by atoms with Crippen molar-refractivity contribution in [2.24, 2.45) is 0 Å². The molecule has 0 aliphatic rings. The Morgan fingerprint density at radius 2 is 2.16 bits per heavy atom. The van der Waals surface area contributed by atoms with E-state index in [2.05, 4.69) is 22.4 Å². The van der Waals surface area contributed by atoms with Crippen molar-refractivity contribution in [2.75, 3.05) is 12.0 Å². The molecule has 19 heavy (non-hydrogen) atoms. The maximum atomic E-state index is 12.3. The number of hydrogen-bond acceptors (Lipinski definition) is 3. The summed E-state index contributed by atoms with van der Waals surface area (Å²) in [5.74, 6) is 0. The molecule has 0 saturated heterocycles. The minimum Gasteiger partial charge on any atom is -0.378 e. The summed E-state index contributed by atoms with van der Waals surface area (Å²) in [7, 11) is 0.